The molecule has 1 fully saturated rings. The second-order valence-electron chi connectivity index (χ2n) is 8.53. The summed E-state index contributed by atoms with van der Waals surface area (Å²) in [7, 11) is 0. The van der Waals surface area contributed by atoms with Crippen LogP contribution in [0.15, 0.2) is 21.1 Å². The van der Waals surface area contributed by atoms with Crippen molar-refractivity contribution in [2.24, 2.45) is 11.3 Å². The Morgan fingerprint density at radius 2 is 1.71 bits per heavy atom. The molecule has 0 aromatic heterocycles. The Morgan fingerprint density at radius 3 is 2.21 bits per heavy atom. The van der Waals surface area contributed by atoms with Crippen LogP contribution in [-0.2, 0) is 6.54 Å². The van der Waals surface area contributed by atoms with Crippen molar-refractivity contribution in [1.82, 2.24) is 4.90 Å². The number of rotatable bonds is 4. The van der Waals surface area contributed by atoms with E-state index in [2.05, 4.69) is 71.4 Å². The lowest BCUT2D eigenvalue weighted by Crippen LogP contribution is -2.43. The van der Waals surface area contributed by atoms with Crippen molar-refractivity contribution >= 4 is 31.9 Å². The first-order chi connectivity index (χ1) is 11.1. The van der Waals surface area contributed by atoms with Gasteiger partial charge in [0.25, 0.3) is 0 Å². The summed E-state index contributed by atoms with van der Waals surface area (Å²) in [5, 5.41) is 10.4. The van der Waals surface area contributed by atoms with Crippen molar-refractivity contribution in [3.63, 3.8) is 0 Å². The van der Waals surface area contributed by atoms with E-state index in [0.29, 0.717) is 23.2 Å². The van der Waals surface area contributed by atoms with Crippen LogP contribution >= 0.6 is 31.9 Å². The number of benzene rings is 1. The van der Waals surface area contributed by atoms with E-state index in [4.69, 9.17) is 0 Å². The van der Waals surface area contributed by atoms with E-state index >= 15 is 0 Å². The summed E-state index contributed by atoms with van der Waals surface area (Å²) in [6.07, 6.45) is 5.14. The summed E-state index contributed by atoms with van der Waals surface area (Å²) < 4.78 is 1.76. The molecule has 1 aliphatic rings. The average molecular weight is 461 g/mol. The van der Waals surface area contributed by atoms with Gasteiger partial charge in [0.1, 0.15) is 5.75 Å². The Kier molecular flexibility index (Phi) is 6.83. The van der Waals surface area contributed by atoms with Gasteiger partial charge in [0.2, 0.25) is 0 Å². The predicted octanol–water partition coefficient (Wildman–Crippen LogP) is 6.73. The minimum absolute atomic E-state index is 0.368. The lowest BCUT2D eigenvalue weighted by Gasteiger charge is -2.42. The molecule has 0 amide bonds. The third-order valence-corrected chi connectivity index (χ3v) is 6.58. The van der Waals surface area contributed by atoms with Crippen LogP contribution in [-0.4, -0.2) is 22.1 Å². The maximum atomic E-state index is 10.4. The molecule has 0 atom stereocenters. The molecule has 0 heterocycles. The third kappa shape index (κ3) is 4.98. The standard InChI is InChI=1S/C20H31Br2NO/c1-13(2)23(12-14-10-16(21)11-18(22)19(14)24)17-8-6-15(7-9-17)20(3,4)5/h10-11,13,15,17,24H,6-9,12H2,1-5H3. The average Bonchev–Trinajstić information content (AvgIpc) is 2.48. The van der Waals surface area contributed by atoms with Gasteiger partial charge in [-0.2, -0.15) is 0 Å². The van der Waals surface area contributed by atoms with E-state index in [1.807, 2.05) is 12.1 Å². The normalized spacial score (nSPS) is 22.4. The molecule has 0 spiro atoms. The van der Waals surface area contributed by atoms with E-state index in [1.54, 1.807) is 0 Å². The minimum Gasteiger partial charge on any atom is -0.506 e. The second-order valence-corrected chi connectivity index (χ2v) is 10.3. The Hall–Kier alpha value is -0.0600. The van der Waals surface area contributed by atoms with E-state index in [9.17, 15) is 5.11 Å². The van der Waals surface area contributed by atoms with Crippen LogP contribution in [0.3, 0.4) is 0 Å². The van der Waals surface area contributed by atoms with Gasteiger partial charge in [-0.15, -0.1) is 0 Å². The zero-order valence-corrected chi connectivity index (χ0v) is 18.7. The van der Waals surface area contributed by atoms with Crippen LogP contribution in [0.4, 0.5) is 0 Å². The van der Waals surface area contributed by atoms with Crippen molar-refractivity contribution in [3.05, 3.63) is 26.6 Å². The molecular formula is C20H31Br2NO. The van der Waals surface area contributed by atoms with E-state index in [-0.39, 0.29) is 0 Å². The molecule has 4 heteroatoms. The third-order valence-electron chi connectivity index (χ3n) is 5.51. The molecule has 1 N–H and O–H groups in total. The van der Waals surface area contributed by atoms with Crippen molar-refractivity contribution < 1.29 is 5.11 Å². The van der Waals surface area contributed by atoms with Crippen LogP contribution in [0.2, 0.25) is 0 Å². The summed E-state index contributed by atoms with van der Waals surface area (Å²) >= 11 is 6.99. The lowest BCUT2D eigenvalue weighted by atomic mass is 9.71. The quantitative estimate of drug-likeness (QED) is 0.538. The van der Waals surface area contributed by atoms with Gasteiger partial charge >= 0.3 is 0 Å². The highest BCUT2D eigenvalue weighted by atomic mass is 79.9. The Labute approximate surface area is 164 Å². The number of halogens is 2. The van der Waals surface area contributed by atoms with E-state index in [1.165, 1.54) is 25.7 Å². The number of nitrogens with zero attached hydrogens (tertiary/aromatic N) is 1. The topological polar surface area (TPSA) is 23.5 Å². The van der Waals surface area contributed by atoms with E-state index in [0.717, 1.165) is 27.0 Å². The Bertz CT molecular complexity index is 557. The number of aromatic hydroxyl groups is 1. The summed E-state index contributed by atoms with van der Waals surface area (Å²) in [5.74, 6) is 1.20. The molecule has 0 aliphatic heterocycles. The lowest BCUT2D eigenvalue weighted by molar-refractivity contribution is 0.0698. The van der Waals surface area contributed by atoms with Crippen LogP contribution in [0, 0.1) is 11.3 Å². The fraction of sp³-hybridized carbons (Fsp3) is 0.700. The first-order valence-corrected chi connectivity index (χ1v) is 10.6. The maximum Gasteiger partial charge on any atom is 0.134 e. The number of phenolic OH excluding ortho intramolecular Hbond substituents is 1. The highest BCUT2D eigenvalue weighted by molar-refractivity contribution is 9.11. The predicted molar refractivity (Wildman–Crippen MR) is 109 cm³/mol. The van der Waals surface area contributed by atoms with Gasteiger partial charge in [0.05, 0.1) is 4.47 Å². The fourth-order valence-corrected chi connectivity index (χ4v) is 5.26. The number of phenols is 1. The molecule has 0 saturated heterocycles. The molecule has 2 rings (SSSR count). The van der Waals surface area contributed by atoms with Gasteiger partial charge in [0, 0.05) is 28.7 Å². The first-order valence-electron chi connectivity index (χ1n) is 9.02. The van der Waals surface area contributed by atoms with Gasteiger partial charge in [-0.25, -0.2) is 0 Å². The Balaban J connectivity index is 2.12. The maximum absolute atomic E-state index is 10.4. The Morgan fingerprint density at radius 1 is 1.12 bits per heavy atom. The first kappa shape index (κ1) is 20.3. The SMILES string of the molecule is CC(C)N(Cc1cc(Br)cc(Br)c1O)C1CCC(C(C)(C)C)CC1. The number of hydrogen-bond donors (Lipinski definition) is 1. The van der Waals surface area contributed by atoms with Gasteiger partial charge < -0.3 is 5.11 Å². The molecule has 1 aromatic carbocycles. The van der Waals surface area contributed by atoms with Crippen LogP contribution in [0.1, 0.15) is 65.9 Å². The van der Waals surface area contributed by atoms with Gasteiger partial charge in [0.15, 0.2) is 0 Å². The smallest absolute Gasteiger partial charge is 0.134 e. The number of hydrogen-bond acceptors (Lipinski definition) is 2. The monoisotopic (exact) mass is 459 g/mol. The minimum atomic E-state index is 0.368. The molecule has 0 unspecified atom stereocenters. The summed E-state index contributed by atoms with van der Waals surface area (Å²) in [6, 6.07) is 5.02. The summed E-state index contributed by atoms with van der Waals surface area (Å²) in [6.45, 7) is 12.4. The zero-order valence-electron chi connectivity index (χ0n) is 15.6. The van der Waals surface area contributed by atoms with Gasteiger partial charge in [-0.3, -0.25) is 4.90 Å². The van der Waals surface area contributed by atoms with Crippen molar-refractivity contribution in [2.75, 3.05) is 0 Å². The molecule has 136 valence electrons. The molecule has 2 nitrogen and oxygen atoms in total. The molecule has 24 heavy (non-hydrogen) atoms. The van der Waals surface area contributed by atoms with Gasteiger partial charge in [-0.05, 0) is 78.9 Å². The molecule has 1 aromatic rings. The molecular weight excluding hydrogens is 430 g/mol. The molecule has 1 saturated carbocycles. The van der Waals surface area contributed by atoms with Crippen LogP contribution in [0.5, 0.6) is 5.75 Å². The molecule has 1 aliphatic carbocycles. The molecule has 0 bridgehead atoms. The van der Waals surface area contributed by atoms with Crippen LogP contribution < -0.4 is 0 Å². The second kappa shape index (κ2) is 8.09. The van der Waals surface area contributed by atoms with E-state index < -0.39 is 0 Å². The highest BCUT2D eigenvalue weighted by Gasteiger charge is 2.33. The highest BCUT2D eigenvalue weighted by Crippen LogP contribution is 2.40. The molecule has 0 radical (unpaired) electrons. The van der Waals surface area contributed by atoms with Crippen molar-refractivity contribution in [3.8, 4) is 5.75 Å². The van der Waals surface area contributed by atoms with Gasteiger partial charge in [-0.1, -0.05) is 36.7 Å². The summed E-state index contributed by atoms with van der Waals surface area (Å²) in [4.78, 5) is 2.56. The van der Waals surface area contributed by atoms with Crippen molar-refractivity contribution in [1.29, 1.82) is 0 Å². The van der Waals surface area contributed by atoms with Crippen LogP contribution in [0.25, 0.3) is 0 Å². The van der Waals surface area contributed by atoms with Crippen molar-refractivity contribution in [2.45, 2.75) is 78.9 Å². The largest absolute Gasteiger partial charge is 0.506 e. The fourth-order valence-electron chi connectivity index (χ4n) is 3.94. The summed E-state index contributed by atoms with van der Waals surface area (Å²) in [5.41, 5.74) is 1.41. The zero-order chi connectivity index (χ0) is 18.1.